The Morgan fingerprint density at radius 3 is 2.79 bits per heavy atom. The summed E-state index contributed by atoms with van der Waals surface area (Å²) in [5, 5.41) is 1.60. The van der Waals surface area contributed by atoms with Gasteiger partial charge in [0.15, 0.2) is 5.16 Å². The number of thioether (sulfide) groups is 1. The molecule has 4 rings (SSSR count). The Morgan fingerprint density at radius 2 is 2.00 bits per heavy atom. The number of para-hydroxylation sites is 1. The third-order valence-corrected chi connectivity index (χ3v) is 4.63. The lowest BCUT2D eigenvalue weighted by atomic mass is 10.2. The van der Waals surface area contributed by atoms with Gasteiger partial charge in [0.25, 0.3) is 5.56 Å². The van der Waals surface area contributed by atoms with Crippen LogP contribution in [0.15, 0.2) is 58.5 Å². The molecule has 24 heavy (non-hydrogen) atoms. The lowest BCUT2D eigenvalue weighted by Crippen LogP contribution is -2.21. The van der Waals surface area contributed by atoms with E-state index in [1.54, 1.807) is 11.7 Å². The lowest BCUT2D eigenvalue weighted by molar-refractivity contribution is 0.414. The number of aromatic amines is 1. The lowest BCUT2D eigenvalue weighted by Gasteiger charge is -2.11. The van der Waals surface area contributed by atoms with Crippen molar-refractivity contribution in [3.63, 3.8) is 0 Å². The number of aromatic nitrogens is 3. The largest absolute Gasteiger partial charge is 0.497 e. The number of fused-ring (bicyclic) bond motifs is 3. The highest BCUT2D eigenvalue weighted by Gasteiger charge is 2.16. The van der Waals surface area contributed by atoms with Crippen molar-refractivity contribution in [1.82, 2.24) is 14.5 Å². The smallest absolute Gasteiger partial charge is 0.283 e. The molecule has 0 spiro atoms. The Hall–Kier alpha value is -2.73. The summed E-state index contributed by atoms with van der Waals surface area (Å²) in [6.07, 6.45) is 1.92. The van der Waals surface area contributed by atoms with E-state index >= 15 is 0 Å². The summed E-state index contributed by atoms with van der Waals surface area (Å²) in [5.74, 6) is 0.697. The van der Waals surface area contributed by atoms with Gasteiger partial charge >= 0.3 is 0 Å². The van der Waals surface area contributed by atoms with E-state index in [0.29, 0.717) is 21.9 Å². The maximum atomic E-state index is 13.1. The molecule has 0 aliphatic carbocycles. The van der Waals surface area contributed by atoms with Gasteiger partial charge in [-0.1, -0.05) is 36.0 Å². The number of hydrogen-bond donors (Lipinski definition) is 1. The van der Waals surface area contributed by atoms with E-state index in [9.17, 15) is 4.79 Å². The number of nitrogens with zero attached hydrogens (tertiary/aromatic N) is 2. The van der Waals surface area contributed by atoms with Gasteiger partial charge < -0.3 is 9.72 Å². The first-order valence-electron chi connectivity index (χ1n) is 7.45. The average Bonchev–Trinajstić information content (AvgIpc) is 3.00. The number of H-pyrrole nitrogens is 1. The summed E-state index contributed by atoms with van der Waals surface area (Å²) < 4.78 is 6.89. The standard InChI is InChI=1S/C18H15N3O2S/c1-23-12-7-5-6-11(10-12)21-17(22)16-15(20-18(21)24-2)13-8-3-4-9-14(13)19-16/h3-10,19H,1-2H3. The second kappa shape index (κ2) is 5.72. The van der Waals surface area contributed by atoms with E-state index < -0.39 is 0 Å². The van der Waals surface area contributed by atoms with Gasteiger partial charge in [-0.05, 0) is 24.5 Å². The highest BCUT2D eigenvalue weighted by atomic mass is 32.2. The molecule has 2 aromatic heterocycles. The molecule has 0 saturated heterocycles. The zero-order chi connectivity index (χ0) is 16.7. The number of benzene rings is 2. The molecule has 0 atom stereocenters. The number of hydrogen-bond acceptors (Lipinski definition) is 4. The first kappa shape index (κ1) is 14.8. The van der Waals surface area contributed by atoms with Crippen LogP contribution in [0.25, 0.3) is 27.6 Å². The molecule has 0 fully saturated rings. The molecule has 2 heterocycles. The summed E-state index contributed by atoms with van der Waals surface area (Å²) in [7, 11) is 1.61. The van der Waals surface area contributed by atoms with Crippen molar-refractivity contribution in [3.8, 4) is 11.4 Å². The van der Waals surface area contributed by atoms with Crippen LogP contribution in [0.2, 0.25) is 0 Å². The third-order valence-electron chi connectivity index (χ3n) is 3.99. The molecule has 0 bridgehead atoms. The topological polar surface area (TPSA) is 59.9 Å². The van der Waals surface area contributed by atoms with Gasteiger partial charge in [-0.15, -0.1) is 0 Å². The van der Waals surface area contributed by atoms with Crippen molar-refractivity contribution < 1.29 is 4.74 Å². The zero-order valence-corrected chi connectivity index (χ0v) is 14.1. The van der Waals surface area contributed by atoms with E-state index in [2.05, 4.69) is 4.98 Å². The highest BCUT2D eigenvalue weighted by molar-refractivity contribution is 7.98. The van der Waals surface area contributed by atoms with Gasteiger partial charge in [0.05, 0.1) is 12.8 Å². The molecule has 0 aliphatic rings. The van der Waals surface area contributed by atoms with Crippen LogP contribution < -0.4 is 10.3 Å². The van der Waals surface area contributed by atoms with Crippen molar-refractivity contribution in [3.05, 3.63) is 58.9 Å². The molecule has 0 unspecified atom stereocenters. The van der Waals surface area contributed by atoms with Crippen LogP contribution >= 0.6 is 11.8 Å². The van der Waals surface area contributed by atoms with Crippen molar-refractivity contribution in [1.29, 1.82) is 0 Å². The summed E-state index contributed by atoms with van der Waals surface area (Å²) in [6, 6.07) is 15.2. The van der Waals surface area contributed by atoms with Crippen molar-refractivity contribution in [2.45, 2.75) is 5.16 Å². The zero-order valence-electron chi connectivity index (χ0n) is 13.2. The van der Waals surface area contributed by atoms with Gasteiger partial charge in [0.1, 0.15) is 16.8 Å². The molecule has 1 N–H and O–H groups in total. The minimum Gasteiger partial charge on any atom is -0.497 e. The minimum absolute atomic E-state index is 0.117. The fraction of sp³-hybridized carbons (Fsp3) is 0.111. The maximum absolute atomic E-state index is 13.1. The van der Waals surface area contributed by atoms with Crippen LogP contribution in [-0.2, 0) is 0 Å². The quantitative estimate of drug-likeness (QED) is 0.458. The van der Waals surface area contributed by atoms with Gasteiger partial charge in [0, 0.05) is 17.0 Å². The van der Waals surface area contributed by atoms with E-state index in [1.165, 1.54) is 11.8 Å². The molecule has 120 valence electrons. The molecule has 0 aliphatic heterocycles. The van der Waals surface area contributed by atoms with E-state index in [0.717, 1.165) is 16.6 Å². The number of nitrogens with one attached hydrogen (secondary N) is 1. The Bertz CT molecular complexity index is 1110. The van der Waals surface area contributed by atoms with Crippen LogP contribution in [0.1, 0.15) is 0 Å². The fourth-order valence-electron chi connectivity index (χ4n) is 2.86. The molecule has 0 saturated carbocycles. The van der Waals surface area contributed by atoms with Crippen LogP contribution in [0.5, 0.6) is 5.75 Å². The molecular weight excluding hydrogens is 322 g/mol. The summed E-state index contributed by atoms with van der Waals surface area (Å²) in [5.41, 5.74) is 2.74. The van der Waals surface area contributed by atoms with Gasteiger partial charge in [-0.3, -0.25) is 9.36 Å². The first-order valence-corrected chi connectivity index (χ1v) is 8.67. The van der Waals surface area contributed by atoms with E-state index in [1.807, 2.05) is 54.8 Å². The molecule has 0 radical (unpaired) electrons. The summed E-state index contributed by atoms with van der Waals surface area (Å²) in [4.78, 5) is 21.0. The van der Waals surface area contributed by atoms with Crippen LogP contribution in [-0.4, -0.2) is 27.9 Å². The Balaban J connectivity index is 2.10. The van der Waals surface area contributed by atoms with Crippen LogP contribution in [0.3, 0.4) is 0 Å². The van der Waals surface area contributed by atoms with Crippen molar-refractivity contribution in [2.75, 3.05) is 13.4 Å². The minimum atomic E-state index is -0.117. The molecule has 2 aromatic carbocycles. The molecular formula is C18H15N3O2S. The predicted octanol–water partition coefficient (Wildman–Crippen LogP) is 3.60. The van der Waals surface area contributed by atoms with Crippen molar-refractivity contribution in [2.24, 2.45) is 0 Å². The van der Waals surface area contributed by atoms with Gasteiger partial charge in [-0.2, -0.15) is 0 Å². The number of rotatable bonds is 3. The monoisotopic (exact) mass is 337 g/mol. The van der Waals surface area contributed by atoms with Crippen LogP contribution in [0.4, 0.5) is 0 Å². The normalized spacial score (nSPS) is 11.2. The Morgan fingerprint density at radius 1 is 1.17 bits per heavy atom. The summed E-state index contributed by atoms with van der Waals surface area (Å²) in [6.45, 7) is 0. The Kier molecular flexibility index (Phi) is 3.54. The van der Waals surface area contributed by atoms with Crippen molar-refractivity contribution >= 4 is 33.7 Å². The molecule has 6 heteroatoms. The second-order valence-corrected chi connectivity index (χ2v) is 6.11. The number of ether oxygens (including phenoxy) is 1. The van der Waals surface area contributed by atoms with Gasteiger partial charge in [-0.25, -0.2) is 4.98 Å². The third kappa shape index (κ3) is 2.18. The second-order valence-electron chi connectivity index (χ2n) is 5.33. The highest BCUT2D eigenvalue weighted by Crippen LogP contribution is 2.26. The predicted molar refractivity (Wildman–Crippen MR) is 97.5 cm³/mol. The Labute approximate surface area is 142 Å². The maximum Gasteiger partial charge on any atom is 0.283 e. The average molecular weight is 337 g/mol. The van der Waals surface area contributed by atoms with Gasteiger partial charge in [0.2, 0.25) is 0 Å². The fourth-order valence-corrected chi connectivity index (χ4v) is 3.41. The molecule has 4 aromatic rings. The molecule has 5 nitrogen and oxygen atoms in total. The first-order chi connectivity index (χ1) is 11.7. The summed E-state index contributed by atoms with van der Waals surface area (Å²) >= 11 is 1.44. The SMILES string of the molecule is COc1cccc(-n2c(SC)nc3c([nH]c4ccccc43)c2=O)c1. The number of methoxy groups -OCH3 is 1. The van der Waals surface area contributed by atoms with Crippen LogP contribution in [0, 0.1) is 0 Å². The molecule has 0 amide bonds. The van der Waals surface area contributed by atoms with E-state index in [-0.39, 0.29) is 5.56 Å². The van der Waals surface area contributed by atoms with E-state index in [4.69, 9.17) is 9.72 Å².